The van der Waals surface area contributed by atoms with Gasteiger partial charge in [0.1, 0.15) is 11.6 Å². The molecule has 0 N–H and O–H groups in total. The van der Waals surface area contributed by atoms with Crippen molar-refractivity contribution in [3.8, 4) is 0 Å². The highest BCUT2D eigenvalue weighted by Gasteiger charge is 2.25. The fourth-order valence-corrected chi connectivity index (χ4v) is 1.82. The van der Waals surface area contributed by atoms with Crippen molar-refractivity contribution in [3.05, 3.63) is 35.9 Å². The Morgan fingerprint density at radius 3 is 2.38 bits per heavy atom. The van der Waals surface area contributed by atoms with Gasteiger partial charge in [0.2, 0.25) is 0 Å². The molecule has 1 aliphatic carbocycles. The third-order valence-electron chi connectivity index (χ3n) is 2.85. The maximum absolute atomic E-state index is 11.6. The zero-order valence-corrected chi connectivity index (χ0v) is 9.32. The molecule has 84 valence electrons. The molecule has 0 aliphatic heterocycles. The van der Waals surface area contributed by atoms with Crippen molar-refractivity contribution in [2.45, 2.75) is 32.1 Å². The number of carbonyl (C=O) groups excluding carboxylic acids is 2. The zero-order chi connectivity index (χ0) is 11.4. The number of benzene rings is 1. The number of Topliss-reactive ketones (excluding diaryl/α,β-unsaturated/α-hetero) is 2. The lowest BCUT2D eigenvalue weighted by Gasteiger charge is -2.00. The molecule has 1 aliphatic rings. The van der Waals surface area contributed by atoms with Gasteiger partial charge in [-0.25, -0.2) is 0 Å². The standard InChI is InChI=1S/C14H16O2/c15-13(8-11-4-2-1-3-5-11)10-14(16)9-12-6-7-12/h1-5,12H,6-10H2. The summed E-state index contributed by atoms with van der Waals surface area (Å²) >= 11 is 0. The number of rotatable bonds is 6. The molecule has 0 heterocycles. The van der Waals surface area contributed by atoms with Crippen LogP contribution in [0.15, 0.2) is 30.3 Å². The summed E-state index contributed by atoms with van der Waals surface area (Å²) in [6, 6.07) is 9.59. The van der Waals surface area contributed by atoms with E-state index in [-0.39, 0.29) is 18.0 Å². The Bertz CT molecular complexity index is 377. The second kappa shape index (κ2) is 5.06. The maximum atomic E-state index is 11.6. The molecule has 0 amide bonds. The van der Waals surface area contributed by atoms with Gasteiger partial charge in [0.25, 0.3) is 0 Å². The molecule has 1 aromatic rings. The summed E-state index contributed by atoms with van der Waals surface area (Å²) in [5.41, 5.74) is 0.992. The Morgan fingerprint density at radius 2 is 1.75 bits per heavy atom. The van der Waals surface area contributed by atoms with Crippen LogP contribution in [0.5, 0.6) is 0 Å². The van der Waals surface area contributed by atoms with Crippen molar-refractivity contribution in [2.24, 2.45) is 5.92 Å². The molecule has 2 nitrogen and oxygen atoms in total. The minimum Gasteiger partial charge on any atom is -0.299 e. The molecule has 0 spiro atoms. The summed E-state index contributed by atoms with van der Waals surface area (Å²) in [4.78, 5) is 23.1. The Labute approximate surface area is 95.7 Å². The Balaban J connectivity index is 1.77. The van der Waals surface area contributed by atoms with Crippen molar-refractivity contribution in [3.63, 3.8) is 0 Å². The molecule has 16 heavy (non-hydrogen) atoms. The Hall–Kier alpha value is -1.44. The third kappa shape index (κ3) is 3.61. The second-order valence-electron chi connectivity index (χ2n) is 4.56. The Morgan fingerprint density at radius 1 is 1.06 bits per heavy atom. The van der Waals surface area contributed by atoms with E-state index in [2.05, 4.69) is 0 Å². The normalized spacial score (nSPS) is 14.8. The van der Waals surface area contributed by atoms with Crippen LogP contribution in [0.3, 0.4) is 0 Å². The third-order valence-corrected chi connectivity index (χ3v) is 2.85. The van der Waals surface area contributed by atoms with E-state index in [0.717, 1.165) is 5.56 Å². The van der Waals surface area contributed by atoms with Gasteiger partial charge in [-0.05, 0) is 24.3 Å². The van der Waals surface area contributed by atoms with E-state index in [9.17, 15) is 9.59 Å². The minimum absolute atomic E-state index is 0.0388. The maximum Gasteiger partial charge on any atom is 0.144 e. The summed E-state index contributed by atoms with van der Waals surface area (Å²) in [5, 5.41) is 0. The molecule has 0 atom stereocenters. The summed E-state index contributed by atoms with van der Waals surface area (Å²) in [5.74, 6) is 0.734. The van der Waals surface area contributed by atoms with Gasteiger partial charge in [-0.1, -0.05) is 30.3 Å². The molecular weight excluding hydrogens is 200 g/mol. The van der Waals surface area contributed by atoms with E-state index in [4.69, 9.17) is 0 Å². The van der Waals surface area contributed by atoms with Crippen LogP contribution in [-0.4, -0.2) is 11.6 Å². The molecule has 0 saturated heterocycles. The first-order valence-electron chi connectivity index (χ1n) is 5.81. The molecule has 1 aromatic carbocycles. The first kappa shape index (κ1) is 11.1. The number of hydrogen-bond donors (Lipinski definition) is 0. The molecule has 1 fully saturated rings. The summed E-state index contributed by atoms with van der Waals surface area (Å²) in [6.45, 7) is 0. The highest BCUT2D eigenvalue weighted by molar-refractivity contribution is 6.00. The van der Waals surface area contributed by atoms with E-state index in [1.54, 1.807) is 0 Å². The lowest BCUT2D eigenvalue weighted by atomic mass is 10.0. The van der Waals surface area contributed by atoms with Gasteiger partial charge < -0.3 is 0 Å². The highest BCUT2D eigenvalue weighted by Crippen LogP contribution is 2.32. The van der Waals surface area contributed by atoms with Crippen LogP contribution in [0.4, 0.5) is 0 Å². The van der Waals surface area contributed by atoms with Gasteiger partial charge in [-0.15, -0.1) is 0 Å². The van der Waals surface area contributed by atoms with E-state index >= 15 is 0 Å². The smallest absolute Gasteiger partial charge is 0.144 e. The first-order valence-corrected chi connectivity index (χ1v) is 5.81. The molecule has 0 radical (unpaired) electrons. The summed E-state index contributed by atoms with van der Waals surface area (Å²) in [7, 11) is 0. The fraction of sp³-hybridized carbons (Fsp3) is 0.429. The zero-order valence-electron chi connectivity index (χ0n) is 9.32. The largest absolute Gasteiger partial charge is 0.299 e. The number of carbonyl (C=O) groups is 2. The second-order valence-corrected chi connectivity index (χ2v) is 4.56. The topological polar surface area (TPSA) is 34.1 Å². The van der Waals surface area contributed by atoms with Crippen LogP contribution in [0.2, 0.25) is 0 Å². The van der Waals surface area contributed by atoms with E-state index < -0.39 is 0 Å². The van der Waals surface area contributed by atoms with Gasteiger partial charge in [-0.3, -0.25) is 9.59 Å². The van der Waals surface area contributed by atoms with Gasteiger partial charge >= 0.3 is 0 Å². The lowest BCUT2D eigenvalue weighted by molar-refractivity contribution is -0.126. The lowest BCUT2D eigenvalue weighted by Crippen LogP contribution is -2.10. The van der Waals surface area contributed by atoms with E-state index in [1.807, 2.05) is 30.3 Å². The molecule has 0 aromatic heterocycles. The molecule has 2 rings (SSSR count). The predicted octanol–water partition coefficient (Wildman–Crippen LogP) is 2.56. The first-order chi connectivity index (χ1) is 7.74. The van der Waals surface area contributed by atoms with E-state index in [1.165, 1.54) is 12.8 Å². The van der Waals surface area contributed by atoms with E-state index in [0.29, 0.717) is 18.8 Å². The molecule has 2 heteroatoms. The Kier molecular flexibility index (Phi) is 3.50. The number of ketones is 2. The van der Waals surface area contributed by atoms with Crippen LogP contribution in [0.1, 0.15) is 31.2 Å². The van der Waals surface area contributed by atoms with Crippen LogP contribution < -0.4 is 0 Å². The summed E-state index contributed by atoms with van der Waals surface area (Å²) < 4.78 is 0. The predicted molar refractivity (Wildman–Crippen MR) is 62.1 cm³/mol. The van der Waals surface area contributed by atoms with Crippen LogP contribution in [0.25, 0.3) is 0 Å². The van der Waals surface area contributed by atoms with Crippen molar-refractivity contribution in [1.29, 1.82) is 0 Å². The number of hydrogen-bond acceptors (Lipinski definition) is 2. The van der Waals surface area contributed by atoms with Crippen molar-refractivity contribution >= 4 is 11.6 Å². The van der Waals surface area contributed by atoms with Crippen LogP contribution in [0, 0.1) is 5.92 Å². The quantitative estimate of drug-likeness (QED) is 0.685. The van der Waals surface area contributed by atoms with Crippen LogP contribution >= 0.6 is 0 Å². The van der Waals surface area contributed by atoms with Crippen LogP contribution in [-0.2, 0) is 16.0 Å². The average molecular weight is 216 g/mol. The monoisotopic (exact) mass is 216 g/mol. The van der Waals surface area contributed by atoms with Gasteiger partial charge in [0.15, 0.2) is 0 Å². The minimum atomic E-state index is 0.0388. The van der Waals surface area contributed by atoms with Crippen molar-refractivity contribution < 1.29 is 9.59 Å². The highest BCUT2D eigenvalue weighted by atomic mass is 16.1. The van der Waals surface area contributed by atoms with Crippen molar-refractivity contribution in [2.75, 3.05) is 0 Å². The SMILES string of the molecule is O=C(CC(=O)CC1CC1)Cc1ccccc1. The molecule has 1 saturated carbocycles. The fourth-order valence-electron chi connectivity index (χ4n) is 1.82. The molecule has 0 unspecified atom stereocenters. The molecular formula is C14H16O2. The summed E-state index contributed by atoms with van der Waals surface area (Å²) in [6.07, 6.45) is 3.44. The van der Waals surface area contributed by atoms with Gasteiger partial charge in [0.05, 0.1) is 6.42 Å². The van der Waals surface area contributed by atoms with Crippen molar-refractivity contribution in [1.82, 2.24) is 0 Å². The molecule has 0 bridgehead atoms. The van der Waals surface area contributed by atoms with Gasteiger partial charge in [-0.2, -0.15) is 0 Å². The van der Waals surface area contributed by atoms with Gasteiger partial charge in [0, 0.05) is 12.8 Å². The average Bonchev–Trinajstić information content (AvgIpc) is 3.02.